The monoisotopic (exact) mass is 417 g/mol. The lowest BCUT2D eigenvalue weighted by Gasteiger charge is -2.15. The van der Waals surface area contributed by atoms with Crippen molar-refractivity contribution in [3.05, 3.63) is 48.3 Å². The molecular weight excluding hydrogens is 387 g/mol. The Kier molecular flexibility index (Phi) is 10.6. The molecule has 0 bridgehead atoms. The van der Waals surface area contributed by atoms with Crippen molar-refractivity contribution in [3.8, 4) is 5.75 Å². The molecule has 0 amide bonds. The minimum atomic E-state index is -5.04. The third-order valence-corrected chi connectivity index (χ3v) is 4.52. The van der Waals surface area contributed by atoms with Gasteiger partial charge in [0.1, 0.15) is 5.75 Å². The summed E-state index contributed by atoms with van der Waals surface area (Å²) in [5.74, 6) is -2.02. The Morgan fingerprint density at radius 3 is 2.41 bits per heavy atom. The Labute approximate surface area is 169 Å². The van der Waals surface area contributed by atoms with Gasteiger partial charge < -0.3 is 19.9 Å². The lowest BCUT2D eigenvalue weighted by molar-refractivity contribution is -0.541. The predicted octanol–water partition coefficient (Wildman–Crippen LogP) is 4.05. The van der Waals surface area contributed by atoms with Gasteiger partial charge in [-0.2, -0.15) is 13.2 Å². The van der Waals surface area contributed by atoms with Gasteiger partial charge in [0.15, 0.2) is 0 Å². The van der Waals surface area contributed by atoms with Crippen LogP contribution in [-0.2, 0) is 16.0 Å². The number of aliphatic hydroxyl groups is 1. The third kappa shape index (κ3) is 8.77. The van der Waals surface area contributed by atoms with Crippen molar-refractivity contribution in [3.63, 3.8) is 0 Å². The smallest absolute Gasteiger partial charge is 0.455 e. The first-order chi connectivity index (χ1) is 13.7. The summed E-state index contributed by atoms with van der Waals surface area (Å²) in [6.45, 7) is 4.84. The first kappa shape index (κ1) is 24.8. The van der Waals surface area contributed by atoms with Gasteiger partial charge >= 0.3 is 12.1 Å². The molecule has 0 aliphatic carbocycles. The number of hydrogen-bond donors (Lipinski definition) is 2. The average molecular weight is 417 g/mol. The summed E-state index contributed by atoms with van der Waals surface area (Å²) in [5.41, 5.74) is -0.165. The zero-order valence-electron chi connectivity index (χ0n) is 16.9. The fourth-order valence-electron chi connectivity index (χ4n) is 2.63. The van der Waals surface area contributed by atoms with Crippen LogP contribution in [0, 0.1) is 13.0 Å². The number of nitrogens with two attached hydrogens (primary N) is 1. The van der Waals surface area contributed by atoms with Crippen LogP contribution in [0.25, 0.3) is 0 Å². The number of allylic oxidation sites excluding steroid dienone is 1. The second kappa shape index (κ2) is 12.4. The predicted molar refractivity (Wildman–Crippen MR) is 103 cm³/mol. The highest BCUT2D eigenvalue weighted by Gasteiger charge is 2.40. The minimum Gasteiger partial charge on any atom is -0.500 e. The molecule has 1 aromatic carbocycles. The largest absolute Gasteiger partial charge is 0.500 e. The van der Waals surface area contributed by atoms with E-state index >= 15 is 0 Å². The van der Waals surface area contributed by atoms with E-state index in [0.717, 1.165) is 30.6 Å². The first-order valence-electron chi connectivity index (χ1n) is 9.74. The van der Waals surface area contributed by atoms with Crippen LogP contribution in [0.1, 0.15) is 45.1 Å². The van der Waals surface area contributed by atoms with Crippen LogP contribution in [0.4, 0.5) is 13.2 Å². The van der Waals surface area contributed by atoms with Crippen LogP contribution >= 0.6 is 0 Å². The molecule has 8 heteroatoms. The van der Waals surface area contributed by atoms with E-state index in [-0.39, 0.29) is 6.61 Å². The molecule has 164 valence electrons. The maximum absolute atomic E-state index is 12.5. The van der Waals surface area contributed by atoms with Gasteiger partial charge in [-0.05, 0) is 30.0 Å². The number of alkyl halides is 3. The number of halogens is 3. The molecule has 0 saturated heterocycles. The van der Waals surface area contributed by atoms with E-state index < -0.39 is 23.6 Å². The van der Waals surface area contributed by atoms with Crippen LogP contribution in [-0.4, -0.2) is 30.5 Å². The van der Waals surface area contributed by atoms with Crippen LogP contribution in [0.5, 0.6) is 5.75 Å². The number of esters is 1. The fraction of sp³-hybridized carbons (Fsp3) is 0.524. The van der Waals surface area contributed by atoms with E-state index in [1.165, 1.54) is 6.42 Å². The molecule has 0 heterocycles. The molecule has 0 radical (unpaired) electrons. The van der Waals surface area contributed by atoms with E-state index in [1.54, 1.807) is 0 Å². The van der Waals surface area contributed by atoms with Gasteiger partial charge in [-0.15, -0.1) is 7.05 Å². The van der Waals surface area contributed by atoms with Crippen molar-refractivity contribution in [2.45, 2.75) is 52.1 Å². The summed E-state index contributed by atoms with van der Waals surface area (Å²) in [6, 6.07) is 7.25. The number of rotatable bonds is 12. The van der Waals surface area contributed by atoms with Crippen LogP contribution in [0.2, 0.25) is 0 Å². The summed E-state index contributed by atoms with van der Waals surface area (Å²) in [7, 11) is 3.11. The number of aliphatic hydroxyl groups excluding tert-OH is 1. The molecule has 1 unspecified atom stereocenters. The van der Waals surface area contributed by atoms with Crippen LogP contribution < -0.4 is 10.1 Å². The normalized spacial score (nSPS) is 13.6. The highest BCUT2D eigenvalue weighted by Crippen LogP contribution is 2.24. The zero-order valence-corrected chi connectivity index (χ0v) is 16.9. The van der Waals surface area contributed by atoms with Crippen molar-refractivity contribution < 1.29 is 37.9 Å². The van der Waals surface area contributed by atoms with Crippen molar-refractivity contribution in [1.82, 2.24) is 0 Å². The Hall–Kier alpha value is -2.22. The zero-order chi connectivity index (χ0) is 21.9. The van der Waals surface area contributed by atoms with Gasteiger partial charge in [0.25, 0.3) is 5.76 Å². The highest BCUT2D eigenvalue weighted by atomic mass is 19.4. The molecular formula is C21H30F3NO4. The van der Waals surface area contributed by atoms with E-state index in [1.807, 2.05) is 24.3 Å². The number of quaternary nitrogens is 1. The number of carbonyl (C=O) groups is 1. The molecule has 1 aromatic rings. The van der Waals surface area contributed by atoms with Gasteiger partial charge in [-0.25, -0.2) is 4.79 Å². The molecule has 3 N–H and O–H groups in total. The highest BCUT2D eigenvalue weighted by molar-refractivity contribution is 5.86. The number of ether oxygens (including phenoxy) is 2. The summed E-state index contributed by atoms with van der Waals surface area (Å²) in [6.07, 6.45) is -0.169. The Balaban J connectivity index is 2.51. The standard InChI is InChI=1S/C21H30F3NO4/c1-4-6-7-15(5-2)14-29-17-10-8-16(9-11-17)12-13-28-20(27)18(25-3)19(26)21(22,23)24/h8-11,15,26H,3-7,12-14,25H2,1-2H3/b19-18+. The minimum absolute atomic E-state index is 0.129. The van der Waals surface area contributed by atoms with Crippen molar-refractivity contribution in [2.75, 3.05) is 13.2 Å². The molecule has 29 heavy (non-hydrogen) atoms. The number of hydrogen-bond acceptors (Lipinski definition) is 4. The topological polar surface area (TPSA) is 72.4 Å². The second-order valence-corrected chi connectivity index (χ2v) is 6.72. The van der Waals surface area contributed by atoms with E-state index in [4.69, 9.17) is 14.6 Å². The lowest BCUT2D eigenvalue weighted by Crippen LogP contribution is -2.77. The van der Waals surface area contributed by atoms with E-state index in [9.17, 15) is 18.0 Å². The summed E-state index contributed by atoms with van der Waals surface area (Å²) in [5, 5.41) is 9.71. The Morgan fingerprint density at radius 1 is 1.24 bits per heavy atom. The number of carbonyl (C=O) groups excluding carboxylic acids is 1. The molecule has 0 aromatic heterocycles. The second-order valence-electron chi connectivity index (χ2n) is 6.72. The number of benzene rings is 1. The molecule has 5 nitrogen and oxygen atoms in total. The third-order valence-electron chi connectivity index (χ3n) is 4.52. The molecule has 0 aliphatic rings. The lowest BCUT2D eigenvalue weighted by atomic mass is 10.0. The van der Waals surface area contributed by atoms with Crippen molar-refractivity contribution in [1.29, 1.82) is 0 Å². The molecule has 0 saturated carbocycles. The van der Waals surface area contributed by atoms with Gasteiger partial charge in [0, 0.05) is 6.42 Å². The molecule has 0 spiro atoms. The summed E-state index contributed by atoms with van der Waals surface area (Å²) >= 11 is 0. The Bertz CT molecular complexity index is 657. The molecule has 1 rings (SSSR count). The first-order valence-corrected chi connectivity index (χ1v) is 9.74. The SMILES string of the molecule is [CH2-][NH2+]/C(C(=O)OCCc1ccc(OCC(CC)CCCC)cc1)=C(/O)C(F)(F)F. The number of unbranched alkanes of at least 4 members (excludes halogenated alkanes) is 1. The van der Waals surface area contributed by atoms with Crippen molar-refractivity contribution >= 4 is 5.97 Å². The average Bonchev–Trinajstić information content (AvgIpc) is 2.69. The maximum atomic E-state index is 12.5. The van der Waals surface area contributed by atoms with Crippen LogP contribution in [0.3, 0.4) is 0 Å². The molecule has 0 fully saturated rings. The van der Waals surface area contributed by atoms with E-state index in [2.05, 4.69) is 20.9 Å². The van der Waals surface area contributed by atoms with Crippen molar-refractivity contribution in [2.24, 2.45) is 5.92 Å². The fourth-order valence-corrected chi connectivity index (χ4v) is 2.63. The quantitative estimate of drug-likeness (QED) is 0.233. The summed E-state index contributed by atoms with van der Waals surface area (Å²) in [4.78, 5) is 11.7. The Morgan fingerprint density at radius 2 is 1.90 bits per heavy atom. The maximum Gasteiger partial charge on any atom is 0.455 e. The van der Waals surface area contributed by atoms with Gasteiger partial charge in [-0.1, -0.05) is 45.2 Å². The van der Waals surface area contributed by atoms with Crippen LogP contribution in [0.15, 0.2) is 35.7 Å². The van der Waals surface area contributed by atoms with Gasteiger partial charge in [0.2, 0.25) is 5.70 Å². The van der Waals surface area contributed by atoms with Gasteiger partial charge in [-0.3, -0.25) is 0 Å². The van der Waals surface area contributed by atoms with Gasteiger partial charge in [0.05, 0.1) is 13.2 Å². The molecule has 0 aliphatic heterocycles. The summed E-state index contributed by atoms with van der Waals surface area (Å²) < 4.78 is 48.1. The van der Waals surface area contributed by atoms with E-state index in [0.29, 0.717) is 24.3 Å². The molecule has 1 atom stereocenters.